The Hall–Kier alpha value is -2.96. The Labute approximate surface area is 130 Å². The van der Waals surface area contributed by atoms with E-state index in [1.54, 1.807) is 12.1 Å². The Bertz CT molecular complexity index is 846. The Kier molecular flexibility index (Phi) is 3.69. The SMILES string of the molecule is O=C(Nc1ccc(-n2ccccc2=O)cc1F)[C@H]1C[C@H]1C(=O)O. The number of pyridine rings is 1. The first kappa shape index (κ1) is 15.0. The molecule has 1 aromatic heterocycles. The van der Waals surface area contributed by atoms with Crippen molar-refractivity contribution in [2.75, 3.05) is 5.32 Å². The summed E-state index contributed by atoms with van der Waals surface area (Å²) in [6.07, 6.45) is 1.78. The van der Waals surface area contributed by atoms with Gasteiger partial charge in [-0.25, -0.2) is 4.39 Å². The van der Waals surface area contributed by atoms with Crippen LogP contribution in [0.15, 0.2) is 47.4 Å². The van der Waals surface area contributed by atoms with E-state index in [4.69, 9.17) is 5.11 Å². The molecule has 1 amide bonds. The first-order chi connectivity index (χ1) is 11.0. The second-order valence-electron chi connectivity index (χ2n) is 5.35. The molecule has 2 atom stereocenters. The van der Waals surface area contributed by atoms with Crippen LogP contribution in [0.3, 0.4) is 0 Å². The molecule has 1 fully saturated rings. The first-order valence-electron chi connectivity index (χ1n) is 6.98. The molecular formula is C16H13FN2O4. The van der Waals surface area contributed by atoms with E-state index in [0.717, 1.165) is 6.07 Å². The predicted octanol–water partition coefficient (Wildman–Crippen LogP) is 1.64. The van der Waals surface area contributed by atoms with Gasteiger partial charge in [-0.3, -0.25) is 19.0 Å². The van der Waals surface area contributed by atoms with Gasteiger partial charge < -0.3 is 10.4 Å². The van der Waals surface area contributed by atoms with E-state index < -0.39 is 29.5 Å². The fraction of sp³-hybridized carbons (Fsp3) is 0.188. The lowest BCUT2D eigenvalue weighted by molar-refractivity contribution is -0.139. The number of anilines is 1. The number of carboxylic acids is 1. The van der Waals surface area contributed by atoms with Crippen LogP contribution in [0, 0.1) is 17.7 Å². The number of carboxylic acid groups (broad SMARTS) is 1. The number of amides is 1. The van der Waals surface area contributed by atoms with Crippen LogP contribution < -0.4 is 10.9 Å². The monoisotopic (exact) mass is 316 g/mol. The highest BCUT2D eigenvalue weighted by Gasteiger charge is 2.48. The van der Waals surface area contributed by atoms with Gasteiger partial charge in [-0.1, -0.05) is 6.07 Å². The summed E-state index contributed by atoms with van der Waals surface area (Å²) < 4.78 is 15.4. The molecule has 0 spiro atoms. The van der Waals surface area contributed by atoms with Gasteiger partial charge in [0.05, 0.1) is 23.2 Å². The molecule has 3 rings (SSSR count). The van der Waals surface area contributed by atoms with Crippen molar-refractivity contribution in [3.8, 4) is 5.69 Å². The van der Waals surface area contributed by atoms with Crippen LogP contribution in [0.5, 0.6) is 0 Å². The van der Waals surface area contributed by atoms with Gasteiger partial charge in [0.2, 0.25) is 5.91 Å². The first-order valence-corrected chi connectivity index (χ1v) is 6.98. The van der Waals surface area contributed by atoms with Crippen LogP contribution in [-0.4, -0.2) is 21.6 Å². The van der Waals surface area contributed by atoms with Crippen molar-refractivity contribution < 1.29 is 19.1 Å². The average Bonchev–Trinajstić information content (AvgIpc) is 3.30. The van der Waals surface area contributed by atoms with Gasteiger partial charge >= 0.3 is 5.97 Å². The standard InChI is InChI=1S/C16H13FN2O4/c17-12-7-9(19-6-2-1-3-14(19)20)4-5-13(12)18-15(21)10-8-11(10)16(22)23/h1-7,10-11H,8H2,(H,18,21)(H,22,23)/t10-,11+/m0/s1. The van der Waals surface area contributed by atoms with E-state index in [9.17, 15) is 18.8 Å². The number of halogens is 1. The van der Waals surface area contributed by atoms with Crippen LogP contribution in [0.2, 0.25) is 0 Å². The zero-order valence-electron chi connectivity index (χ0n) is 11.9. The molecule has 2 aromatic rings. The molecule has 2 N–H and O–H groups in total. The molecule has 0 aliphatic heterocycles. The Balaban J connectivity index is 1.78. The molecule has 0 bridgehead atoms. The van der Waals surface area contributed by atoms with Gasteiger partial charge in [0, 0.05) is 18.3 Å². The lowest BCUT2D eigenvalue weighted by atomic mass is 10.2. The van der Waals surface area contributed by atoms with E-state index in [-0.39, 0.29) is 17.7 Å². The molecule has 118 valence electrons. The highest BCUT2D eigenvalue weighted by Crippen LogP contribution is 2.39. The molecule has 1 saturated carbocycles. The van der Waals surface area contributed by atoms with E-state index >= 15 is 0 Å². The van der Waals surface area contributed by atoms with Crippen molar-refractivity contribution in [1.29, 1.82) is 0 Å². The lowest BCUT2D eigenvalue weighted by Gasteiger charge is -2.09. The van der Waals surface area contributed by atoms with Crippen LogP contribution >= 0.6 is 0 Å². The average molecular weight is 316 g/mol. The summed E-state index contributed by atoms with van der Waals surface area (Å²) in [5, 5.41) is 11.2. The number of hydrogen-bond donors (Lipinski definition) is 2. The molecule has 23 heavy (non-hydrogen) atoms. The number of carbonyl (C=O) groups is 2. The molecule has 7 heteroatoms. The molecule has 6 nitrogen and oxygen atoms in total. The normalized spacial score (nSPS) is 19.2. The summed E-state index contributed by atoms with van der Waals surface area (Å²) in [7, 11) is 0. The van der Waals surface area contributed by atoms with E-state index in [0.29, 0.717) is 5.69 Å². The highest BCUT2D eigenvalue weighted by molar-refractivity contribution is 5.98. The maximum absolute atomic E-state index is 14.1. The second kappa shape index (κ2) is 5.68. The number of aliphatic carboxylic acids is 1. The maximum Gasteiger partial charge on any atom is 0.307 e. The van der Waals surface area contributed by atoms with Crippen molar-refractivity contribution in [2.24, 2.45) is 11.8 Å². The molecule has 1 aliphatic rings. The third-order valence-corrected chi connectivity index (χ3v) is 3.76. The van der Waals surface area contributed by atoms with Gasteiger partial charge in [0.15, 0.2) is 0 Å². The van der Waals surface area contributed by atoms with Crippen LogP contribution in [0.1, 0.15) is 6.42 Å². The van der Waals surface area contributed by atoms with Gasteiger partial charge in [0.1, 0.15) is 5.82 Å². The summed E-state index contributed by atoms with van der Waals surface area (Å²) in [5.41, 5.74) is -0.00864. The van der Waals surface area contributed by atoms with Gasteiger partial charge in [0.25, 0.3) is 5.56 Å². The fourth-order valence-electron chi connectivity index (χ4n) is 2.38. The van der Waals surface area contributed by atoms with Crippen molar-refractivity contribution in [2.45, 2.75) is 6.42 Å². The summed E-state index contributed by atoms with van der Waals surface area (Å²) in [4.78, 5) is 34.3. The third-order valence-electron chi connectivity index (χ3n) is 3.76. The van der Waals surface area contributed by atoms with Gasteiger partial charge in [-0.15, -0.1) is 0 Å². The Morgan fingerprint density at radius 3 is 2.61 bits per heavy atom. The quantitative estimate of drug-likeness (QED) is 0.897. The minimum atomic E-state index is -1.02. The van der Waals surface area contributed by atoms with Crippen molar-refractivity contribution in [3.63, 3.8) is 0 Å². The second-order valence-corrected chi connectivity index (χ2v) is 5.35. The molecular weight excluding hydrogens is 303 g/mol. The number of hydrogen-bond acceptors (Lipinski definition) is 3. The summed E-state index contributed by atoms with van der Waals surface area (Å²) in [6, 6.07) is 8.57. The number of nitrogens with zero attached hydrogens (tertiary/aromatic N) is 1. The summed E-state index contributed by atoms with van der Waals surface area (Å²) in [6.45, 7) is 0. The van der Waals surface area contributed by atoms with E-state index in [1.807, 2.05) is 0 Å². The molecule has 1 aliphatic carbocycles. The number of carbonyl (C=O) groups excluding carboxylic acids is 1. The van der Waals surface area contributed by atoms with E-state index in [1.165, 1.54) is 29.0 Å². The molecule has 1 aromatic carbocycles. The zero-order valence-corrected chi connectivity index (χ0v) is 11.9. The van der Waals surface area contributed by atoms with Crippen LogP contribution in [0.4, 0.5) is 10.1 Å². The summed E-state index contributed by atoms with van der Waals surface area (Å²) in [5.74, 6) is -3.55. The number of rotatable bonds is 4. The number of benzene rings is 1. The highest BCUT2D eigenvalue weighted by atomic mass is 19.1. The zero-order chi connectivity index (χ0) is 16.6. The lowest BCUT2D eigenvalue weighted by Crippen LogP contribution is -2.18. The number of aromatic nitrogens is 1. The fourth-order valence-corrected chi connectivity index (χ4v) is 2.38. The molecule has 1 heterocycles. The van der Waals surface area contributed by atoms with E-state index in [2.05, 4.69) is 5.32 Å². The largest absolute Gasteiger partial charge is 0.481 e. The Morgan fingerprint density at radius 1 is 1.22 bits per heavy atom. The van der Waals surface area contributed by atoms with Crippen molar-refractivity contribution in [1.82, 2.24) is 4.57 Å². The Morgan fingerprint density at radius 2 is 2.00 bits per heavy atom. The number of nitrogens with one attached hydrogen (secondary N) is 1. The minimum absolute atomic E-state index is 0.0428. The maximum atomic E-state index is 14.1. The van der Waals surface area contributed by atoms with Crippen molar-refractivity contribution in [3.05, 3.63) is 58.8 Å². The van der Waals surface area contributed by atoms with Crippen molar-refractivity contribution >= 4 is 17.6 Å². The topological polar surface area (TPSA) is 88.4 Å². The predicted molar refractivity (Wildman–Crippen MR) is 79.9 cm³/mol. The summed E-state index contributed by atoms with van der Waals surface area (Å²) >= 11 is 0. The van der Waals surface area contributed by atoms with Gasteiger partial charge in [-0.05, 0) is 24.6 Å². The third kappa shape index (κ3) is 2.98. The van der Waals surface area contributed by atoms with Gasteiger partial charge in [-0.2, -0.15) is 0 Å². The molecule has 0 radical (unpaired) electrons. The van der Waals surface area contributed by atoms with Crippen LogP contribution in [-0.2, 0) is 9.59 Å². The van der Waals surface area contributed by atoms with Crippen LogP contribution in [0.25, 0.3) is 5.69 Å². The minimum Gasteiger partial charge on any atom is -0.481 e. The molecule has 0 saturated heterocycles. The molecule has 0 unspecified atom stereocenters. The smallest absolute Gasteiger partial charge is 0.307 e.